The van der Waals surface area contributed by atoms with Gasteiger partial charge in [-0.1, -0.05) is 54.6 Å². The fraction of sp³-hybridized carbons (Fsp3) is 0.200. The second-order valence-electron chi connectivity index (χ2n) is 9.22. The molecule has 0 saturated carbocycles. The first-order valence-electron chi connectivity index (χ1n) is 12.1. The molecule has 1 N–H and O–H groups in total. The molecule has 0 radical (unpaired) electrons. The van der Waals surface area contributed by atoms with Crippen LogP contribution in [0.4, 0.5) is 0 Å². The second kappa shape index (κ2) is 11.5. The third-order valence-corrected chi connectivity index (χ3v) is 7.23. The maximum atomic E-state index is 10.8. The molecule has 1 heterocycles. The summed E-state index contributed by atoms with van der Waals surface area (Å²) in [5.41, 5.74) is 3.17. The Morgan fingerprint density at radius 2 is 1.51 bits per heavy atom. The van der Waals surface area contributed by atoms with E-state index in [1.165, 1.54) is 64.3 Å². The van der Waals surface area contributed by atoms with E-state index in [0.717, 1.165) is 11.8 Å². The second-order valence-corrected chi connectivity index (χ2v) is 10.6. The Morgan fingerprint density at radius 3 is 2.27 bits per heavy atom. The van der Waals surface area contributed by atoms with Crippen molar-refractivity contribution >= 4 is 48.8 Å². The van der Waals surface area contributed by atoms with Gasteiger partial charge in [0.15, 0.2) is 0 Å². The van der Waals surface area contributed by atoms with Crippen molar-refractivity contribution in [1.29, 1.82) is 0 Å². The fourth-order valence-electron chi connectivity index (χ4n) is 4.57. The number of aryl methyl sites for hydroxylation is 2. The Balaban J connectivity index is 0.000000151. The van der Waals surface area contributed by atoms with Crippen molar-refractivity contribution in [3.05, 3.63) is 96.3 Å². The topological polar surface area (TPSA) is 87.6 Å². The van der Waals surface area contributed by atoms with Crippen LogP contribution in [0.15, 0.2) is 90.1 Å². The fourth-order valence-corrected chi connectivity index (χ4v) is 5.08. The number of hydrogen-bond acceptors (Lipinski definition) is 4. The maximum Gasteiger partial charge on any atom is 0.294 e. The zero-order valence-electron chi connectivity index (χ0n) is 21.0. The summed E-state index contributed by atoms with van der Waals surface area (Å²) in [6, 6.07) is 24.1. The van der Waals surface area contributed by atoms with Gasteiger partial charge in [-0.05, 0) is 81.9 Å². The van der Waals surface area contributed by atoms with Crippen molar-refractivity contribution in [3.8, 4) is 0 Å². The Labute approximate surface area is 217 Å². The van der Waals surface area contributed by atoms with E-state index >= 15 is 0 Å². The minimum Gasteiger partial charge on any atom is -0.351 e. The molecule has 5 aromatic rings. The molecule has 1 aliphatic carbocycles. The van der Waals surface area contributed by atoms with Crippen LogP contribution in [0.5, 0.6) is 0 Å². The number of rotatable bonds is 2. The number of nitrogens with zero attached hydrogens (tertiary/aromatic N) is 2. The van der Waals surface area contributed by atoms with Crippen LogP contribution in [0.1, 0.15) is 24.0 Å². The lowest BCUT2D eigenvalue weighted by molar-refractivity contribution is -0.115. The summed E-state index contributed by atoms with van der Waals surface area (Å²) >= 11 is 0. The molecule has 0 unspecified atom stereocenters. The number of aromatic nitrogens is 1. The van der Waals surface area contributed by atoms with Crippen molar-refractivity contribution in [3.63, 3.8) is 0 Å². The Hall–Kier alpha value is -3.81. The van der Waals surface area contributed by atoms with Crippen molar-refractivity contribution in [1.82, 2.24) is 9.88 Å². The summed E-state index contributed by atoms with van der Waals surface area (Å²) in [5.74, 6) is 0. The number of amides is 1. The van der Waals surface area contributed by atoms with Crippen molar-refractivity contribution in [2.75, 3.05) is 14.1 Å². The molecule has 4 aromatic carbocycles. The van der Waals surface area contributed by atoms with Gasteiger partial charge in [0.1, 0.15) is 0 Å². The lowest BCUT2D eigenvalue weighted by Crippen LogP contribution is -2.06. The van der Waals surface area contributed by atoms with Crippen LogP contribution in [-0.2, 0) is 27.8 Å². The van der Waals surface area contributed by atoms with Gasteiger partial charge in [0, 0.05) is 31.9 Å². The molecule has 0 spiro atoms. The monoisotopic (exact) mass is 514 g/mol. The highest BCUT2D eigenvalue weighted by Gasteiger charge is 2.13. The summed E-state index contributed by atoms with van der Waals surface area (Å²) in [6.07, 6.45) is 9.13. The summed E-state index contributed by atoms with van der Waals surface area (Å²) in [6.45, 7) is 0. The molecule has 0 bridgehead atoms. The lowest BCUT2D eigenvalue weighted by atomic mass is 9.86. The first-order valence-corrected chi connectivity index (χ1v) is 13.6. The van der Waals surface area contributed by atoms with Crippen LogP contribution in [0.2, 0.25) is 0 Å². The van der Waals surface area contributed by atoms with E-state index in [4.69, 9.17) is 4.55 Å². The third kappa shape index (κ3) is 6.31. The van der Waals surface area contributed by atoms with E-state index in [1.54, 1.807) is 49.7 Å². The molecule has 1 amide bonds. The predicted octanol–water partition coefficient (Wildman–Crippen LogP) is 6.06. The molecule has 0 aliphatic heterocycles. The van der Waals surface area contributed by atoms with Gasteiger partial charge in [0.2, 0.25) is 6.41 Å². The molecule has 1 aliphatic rings. The molecule has 6 rings (SSSR count). The molecule has 0 atom stereocenters. The highest BCUT2D eigenvalue weighted by Crippen LogP contribution is 2.33. The van der Waals surface area contributed by atoms with E-state index in [9.17, 15) is 13.2 Å². The number of carbonyl (C=O) groups is 1. The van der Waals surface area contributed by atoms with Crippen LogP contribution >= 0.6 is 0 Å². The van der Waals surface area contributed by atoms with Gasteiger partial charge in [0.05, 0.1) is 4.90 Å². The molecule has 1 aromatic heterocycles. The number of carbonyl (C=O) groups excluding carboxylic acids is 1. The number of pyridine rings is 1. The van der Waals surface area contributed by atoms with E-state index in [-0.39, 0.29) is 4.90 Å². The minimum absolute atomic E-state index is 0.113. The first kappa shape index (κ1) is 26.3. The normalized spacial score (nSPS) is 12.6. The molecular formula is C30H30N2O4S. The van der Waals surface area contributed by atoms with E-state index in [1.807, 2.05) is 0 Å². The largest absolute Gasteiger partial charge is 0.351 e. The predicted molar refractivity (Wildman–Crippen MR) is 149 cm³/mol. The molecule has 37 heavy (non-hydrogen) atoms. The summed E-state index contributed by atoms with van der Waals surface area (Å²) < 4.78 is 30.4. The molecule has 0 fully saturated rings. The van der Waals surface area contributed by atoms with E-state index in [0.29, 0.717) is 5.39 Å². The highest BCUT2D eigenvalue weighted by atomic mass is 32.2. The van der Waals surface area contributed by atoms with Crippen molar-refractivity contribution in [2.45, 2.75) is 30.6 Å². The van der Waals surface area contributed by atoms with Gasteiger partial charge >= 0.3 is 0 Å². The average molecular weight is 515 g/mol. The SMILES string of the molecule is CN(C)C=O.O=S(=O)(O)c1ccc2ccncc2c1.c1ccc2c(c1)ccc1c3c(ccc12)CCCC3. The first-order chi connectivity index (χ1) is 17.8. The van der Waals surface area contributed by atoms with E-state index < -0.39 is 10.1 Å². The van der Waals surface area contributed by atoms with Crippen LogP contribution in [0.3, 0.4) is 0 Å². The van der Waals surface area contributed by atoms with Crippen molar-refractivity contribution < 1.29 is 17.8 Å². The Bertz CT molecular complexity index is 1660. The smallest absolute Gasteiger partial charge is 0.294 e. The number of benzene rings is 4. The molecule has 6 nitrogen and oxygen atoms in total. The zero-order chi connectivity index (χ0) is 26.4. The number of fused-ring (bicyclic) bond motifs is 6. The lowest BCUT2D eigenvalue weighted by Gasteiger charge is -2.18. The van der Waals surface area contributed by atoms with Crippen LogP contribution < -0.4 is 0 Å². The Kier molecular flexibility index (Phi) is 8.16. The summed E-state index contributed by atoms with van der Waals surface area (Å²) in [4.78, 5) is 14.6. The maximum absolute atomic E-state index is 10.8. The van der Waals surface area contributed by atoms with Gasteiger partial charge in [0.25, 0.3) is 10.1 Å². The molecule has 190 valence electrons. The molecular weight excluding hydrogens is 484 g/mol. The minimum atomic E-state index is -4.12. The zero-order valence-corrected chi connectivity index (χ0v) is 21.8. The highest BCUT2D eigenvalue weighted by molar-refractivity contribution is 7.85. The van der Waals surface area contributed by atoms with E-state index in [2.05, 4.69) is 53.5 Å². The molecule has 0 saturated heterocycles. The van der Waals surface area contributed by atoms with Gasteiger partial charge in [-0.2, -0.15) is 8.42 Å². The molecule has 7 heteroatoms. The average Bonchev–Trinajstić information content (AvgIpc) is 2.92. The van der Waals surface area contributed by atoms with Gasteiger partial charge in [-0.3, -0.25) is 14.3 Å². The van der Waals surface area contributed by atoms with Crippen molar-refractivity contribution in [2.24, 2.45) is 0 Å². The van der Waals surface area contributed by atoms with Crippen LogP contribution in [-0.4, -0.2) is 43.4 Å². The number of hydrogen-bond donors (Lipinski definition) is 1. The van der Waals surface area contributed by atoms with Gasteiger partial charge in [-0.15, -0.1) is 0 Å². The quantitative estimate of drug-likeness (QED) is 0.176. The Morgan fingerprint density at radius 1 is 0.811 bits per heavy atom. The third-order valence-electron chi connectivity index (χ3n) is 6.38. The van der Waals surface area contributed by atoms with Gasteiger partial charge < -0.3 is 4.90 Å². The van der Waals surface area contributed by atoms with Gasteiger partial charge in [-0.25, -0.2) is 0 Å². The van der Waals surface area contributed by atoms with Crippen LogP contribution in [0.25, 0.3) is 32.3 Å². The summed E-state index contributed by atoms with van der Waals surface area (Å²) in [7, 11) is -0.747. The van der Waals surface area contributed by atoms with Crippen LogP contribution in [0, 0.1) is 0 Å². The standard InChI is InChI=1S/C18H16.C9H7NO3S.C3H7NO/c1-3-7-15-13(5-1)9-11-18-16-8-4-2-6-14(16)10-12-17(15)18;11-14(12,13)9-2-1-7-3-4-10-6-8(7)5-9;1-4(2)3-5/h1,3,5,7,9-12H,2,4,6,8H2;1-6H,(H,11,12,13);3H,1-2H3. The summed E-state index contributed by atoms with van der Waals surface area (Å²) in [5, 5.41) is 7.21.